The van der Waals surface area contributed by atoms with Gasteiger partial charge in [-0.2, -0.15) is 0 Å². The molecule has 0 aliphatic carbocycles. The second kappa shape index (κ2) is 25.4. The molecule has 12 nitrogen and oxygen atoms in total. The van der Waals surface area contributed by atoms with Crippen molar-refractivity contribution in [3.05, 3.63) is 129 Å². The van der Waals surface area contributed by atoms with Crippen LogP contribution in [0.4, 0.5) is 27.2 Å². The predicted molar refractivity (Wildman–Crippen MR) is 279 cm³/mol. The summed E-state index contributed by atoms with van der Waals surface area (Å²) < 4.78 is 81.1. The summed E-state index contributed by atoms with van der Waals surface area (Å²) in [7, 11) is 0. The molecular weight excluding hydrogens is 957 g/mol. The fraction of sp³-hybridized carbons (Fsp3) is 0.552. The van der Waals surface area contributed by atoms with Gasteiger partial charge < -0.3 is 50.5 Å². The van der Waals surface area contributed by atoms with Crippen molar-refractivity contribution in [2.24, 2.45) is 16.6 Å². The fourth-order valence-electron chi connectivity index (χ4n) is 8.71. The van der Waals surface area contributed by atoms with Gasteiger partial charge in [-0.3, -0.25) is 0 Å². The Morgan fingerprint density at radius 2 is 1.08 bits per heavy atom. The SMILES string of the molecule is CC(C)(C)Cc1ccc2c(c1)C(NC[C@@H](O)C(Cc1cc(F)cc(F)c1)NC(=O)OC(C)(C)C)CCO2.CC(C)(C)Cc1ccc2c(c1)[C@@H](N)CCO2.CC(C)(C)OC(=O)NC(Cc1cc(F)cc(F)c1)C1CO1. The number of hydrogen-bond acceptors (Lipinski definition) is 10. The van der Waals surface area contributed by atoms with E-state index in [1.54, 1.807) is 41.5 Å². The van der Waals surface area contributed by atoms with Gasteiger partial charge >= 0.3 is 12.2 Å². The molecule has 0 bridgehead atoms. The van der Waals surface area contributed by atoms with Gasteiger partial charge in [0.25, 0.3) is 0 Å². The van der Waals surface area contributed by atoms with Gasteiger partial charge in [-0.25, -0.2) is 27.2 Å². The zero-order valence-corrected chi connectivity index (χ0v) is 45.4. The number of carbonyl (C=O) groups is 2. The highest BCUT2D eigenvalue weighted by Crippen LogP contribution is 2.35. The highest BCUT2D eigenvalue weighted by Gasteiger charge is 2.35. The maximum atomic E-state index is 13.8. The van der Waals surface area contributed by atoms with Crippen molar-refractivity contribution in [3.8, 4) is 11.5 Å². The van der Waals surface area contributed by atoms with Crippen LogP contribution in [0.1, 0.15) is 141 Å². The number of fused-ring (bicyclic) bond motifs is 2. The summed E-state index contributed by atoms with van der Waals surface area (Å²) in [5.74, 6) is -0.937. The zero-order valence-electron chi connectivity index (χ0n) is 45.4. The first-order valence-corrected chi connectivity index (χ1v) is 25.6. The molecule has 0 radical (unpaired) electrons. The predicted octanol–water partition coefficient (Wildman–Crippen LogP) is 11.3. The molecule has 2 amide bonds. The Bertz CT molecular complexity index is 2450. The van der Waals surface area contributed by atoms with Crippen molar-refractivity contribution in [1.82, 2.24) is 16.0 Å². The van der Waals surface area contributed by atoms with Gasteiger partial charge in [0, 0.05) is 54.7 Å². The van der Waals surface area contributed by atoms with Crippen LogP contribution in [0.3, 0.4) is 0 Å². The van der Waals surface area contributed by atoms with Gasteiger partial charge in [0.2, 0.25) is 0 Å². The Morgan fingerprint density at radius 1 is 0.635 bits per heavy atom. The van der Waals surface area contributed by atoms with Gasteiger partial charge in [-0.05, 0) is 137 Å². The first-order chi connectivity index (χ1) is 34.4. The molecule has 408 valence electrons. The molecule has 1 fully saturated rings. The highest BCUT2D eigenvalue weighted by atomic mass is 19.1. The van der Waals surface area contributed by atoms with Gasteiger partial charge in [-0.15, -0.1) is 0 Å². The van der Waals surface area contributed by atoms with Gasteiger partial charge in [0.05, 0.1) is 38.0 Å². The summed E-state index contributed by atoms with van der Waals surface area (Å²) in [6.45, 7) is 25.8. The van der Waals surface area contributed by atoms with Crippen molar-refractivity contribution < 1.29 is 55.9 Å². The minimum Gasteiger partial charge on any atom is -0.493 e. The number of benzene rings is 4. The molecule has 4 unspecified atom stereocenters. The first kappa shape index (κ1) is 59.5. The van der Waals surface area contributed by atoms with Crippen LogP contribution < -0.4 is 31.2 Å². The smallest absolute Gasteiger partial charge is 0.407 e. The molecule has 16 heteroatoms. The van der Waals surface area contributed by atoms with Crippen LogP contribution in [0.5, 0.6) is 11.5 Å². The molecule has 4 aromatic carbocycles. The van der Waals surface area contributed by atoms with Gasteiger partial charge in [-0.1, -0.05) is 65.8 Å². The van der Waals surface area contributed by atoms with Crippen LogP contribution in [0.2, 0.25) is 0 Å². The summed E-state index contributed by atoms with van der Waals surface area (Å²) in [5.41, 5.74) is 10.8. The average Bonchev–Trinajstić information content (AvgIpc) is 4.09. The molecule has 74 heavy (non-hydrogen) atoms. The normalized spacial score (nSPS) is 18.4. The van der Waals surface area contributed by atoms with Crippen molar-refractivity contribution in [3.63, 3.8) is 0 Å². The molecule has 0 aromatic heterocycles. The minimum atomic E-state index is -1.05. The maximum absolute atomic E-state index is 13.8. The number of nitrogens with one attached hydrogen (secondary N) is 3. The Morgan fingerprint density at radius 3 is 1.55 bits per heavy atom. The summed E-state index contributed by atoms with van der Waals surface area (Å²) in [6.07, 6.45) is 1.46. The molecule has 3 heterocycles. The number of alkyl carbamates (subject to hydrolysis) is 2. The van der Waals surface area contributed by atoms with E-state index in [2.05, 4.69) is 87.8 Å². The van der Waals surface area contributed by atoms with Crippen LogP contribution in [0.15, 0.2) is 72.8 Å². The standard InChI is InChI=1S/C29H40F2N2O4.C15H19F2NO3.C14H21NO/c1-28(2,3)16-18-7-8-26-22(13-18)23(9-10-36-26)32-17-25(34)24(33-27(35)37-29(4,5)6)14-19-11-20(30)15-21(31)12-19;1-15(2,3)21-14(19)18-12(13-8-20-13)6-9-4-10(16)7-11(17)5-9;1-14(2,3)9-10-4-5-13-11(8-10)12(15)6-7-16-13/h7-8,11-13,15,23-25,32,34H,9-10,14,16-17H2,1-6H3,(H,33,35);4-5,7,12-13H,6,8H2,1-3H3,(H,18,19);4-5,8,12H,6-7,9,15H2,1-3H3/t23?,24?,25-;;12-/m1.0/s1. The summed E-state index contributed by atoms with van der Waals surface area (Å²) in [5, 5.41) is 19.9. The van der Waals surface area contributed by atoms with E-state index in [1.807, 2.05) is 6.07 Å². The number of nitrogens with two attached hydrogens (primary N) is 1. The zero-order chi connectivity index (χ0) is 54.8. The van der Waals surface area contributed by atoms with Crippen LogP contribution in [-0.4, -0.2) is 79.2 Å². The van der Waals surface area contributed by atoms with E-state index in [0.717, 1.165) is 61.5 Å². The quantitative estimate of drug-likeness (QED) is 0.0643. The van der Waals surface area contributed by atoms with E-state index in [1.165, 1.54) is 41.0 Å². The number of aliphatic hydroxyl groups excluding tert-OH is 1. The number of aliphatic hydroxyl groups is 1. The molecule has 4 aromatic rings. The van der Waals surface area contributed by atoms with Crippen LogP contribution >= 0.6 is 0 Å². The monoisotopic (exact) mass is 1040 g/mol. The van der Waals surface area contributed by atoms with E-state index in [9.17, 15) is 32.3 Å². The van der Waals surface area contributed by atoms with E-state index < -0.39 is 58.8 Å². The number of halogens is 4. The molecule has 7 rings (SSSR count). The lowest BCUT2D eigenvalue weighted by molar-refractivity contribution is 0.0417. The van der Waals surface area contributed by atoms with Crippen molar-refractivity contribution in [2.45, 2.75) is 169 Å². The van der Waals surface area contributed by atoms with E-state index in [0.29, 0.717) is 29.8 Å². The first-order valence-electron chi connectivity index (χ1n) is 25.6. The Balaban J connectivity index is 0.000000229. The second-order valence-corrected chi connectivity index (χ2v) is 24.0. The van der Waals surface area contributed by atoms with Crippen molar-refractivity contribution >= 4 is 12.2 Å². The summed E-state index contributed by atoms with van der Waals surface area (Å²) in [4.78, 5) is 24.3. The third-order valence-corrected chi connectivity index (χ3v) is 11.7. The van der Waals surface area contributed by atoms with Gasteiger partial charge in [0.15, 0.2) is 0 Å². The molecule has 6 atom stereocenters. The number of ether oxygens (including phenoxy) is 5. The van der Waals surface area contributed by atoms with Crippen LogP contribution in [0, 0.1) is 34.1 Å². The summed E-state index contributed by atoms with van der Waals surface area (Å²) in [6, 6.07) is 18.0. The van der Waals surface area contributed by atoms with Crippen LogP contribution in [-0.2, 0) is 39.9 Å². The van der Waals surface area contributed by atoms with E-state index in [-0.39, 0.29) is 49.0 Å². The number of carbonyl (C=O) groups excluding carboxylic acids is 2. The lowest BCUT2D eigenvalue weighted by Crippen LogP contribution is -2.50. The third-order valence-electron chi connectivity index (χ3n) is 11.7. The molecule has 0 spiro atoms. The number of rotatable bonds is 13. The van der Waals surface area contributed by atoms with Crippen molar-refractivity contribution in [2.75, 3.05) is 26.4 Å². The number of epoxide rings is 1. The highest BCUT2D eigenvalue weighted by molar-refractivity contribution is 5.68. The fourth-order valence-corrected chi connectivity index (χ4v) is 8.71. The lowest BCUT2D eigenvalue weighted by Gasteiger charge is -2.31. The largest absolute Gasteiger partial charge is 0.493 e. The minimum absolute atomic E-state index is 0.0247. The van der Waals surface area contributed by atoms with Crippen LogP contribution in [0.25, 0.3) is 0 Å². The average molecular weight is 1040 g/mol. The molecule has 3 aliphatic rings. The molecular formula is C58H80F4N4O8. The lowest BCUT2D eigenvalue weighted by atomic mass is 9.86. The summed E-state index contributed by atoms with van der Waals surface area (Å²) >= 11 is 0. The number of hydrogen-bond donors (Lipinski definition) is 5. The molecule has 3 aliphatic heterocycles. The van der Waals surface area contributed by atoms with E-state index >= 15 is 0 Å². The maximum Gasteiger partial charge on any atom is 0.407 e. The molecule has 1 saturated heterocycles. The molecule has 0 saturated carbocycles. The Labute approximate surface area is 435 Å². The number of amides is 2. The molecule has 6 N–H and O–H groups in total. The van der Waals surface area contributed by atoms with Crippen molar-refractivity contribution in [1.29, 1.82) is 0 Å². The van der Waals surface area contributed by atoms with Gasteiger partial charge in [0.1, 0.15) is 52.1 Å². The van der Waals surface area contributed by atoms with E-state index in [4.69, 9.17) is 29.4 Å². The Hall–Kier alpha value is -5.42. The third kappa shape index (κ3) is 21.1. The second-order valence-electron chi connectivity index (χ2n) is 24.0. The topological polar surface area (TPSA) is 166 Å². The Kier molecular flexibility index (Phi) is 20.4.